The van der Waals surface area contributed by atoms with E-state index >= 15 is 0 Å². The molecule has 2 aromatic carbocycles. The Hall–Kier alpha value is -3.45. The predicted octanol–water partition coefficient (Wildman–Crippen LogP) is 5.38. The zero-order valence-electron chi connectivity index (χ0n) is 18.7. The Morgan fingerprint density at radius 1 is 0.848 bits per heavy atom. The van der Waals surface area contributed by atoms with Crippen molar-refractivity contribution in [2.24, 2.45) is 0 Å². The van der Waals surface area contributed by atoms with Crippen LogP contribution in [0.3, 0.4) is 0 Å². The predicted molar refractivity (Wildman–Crippen MR) is 133 cm³/mol. The highest BCUT2D eigenvalue weighted by Gasteiger charge is 2.09. The van der Waals surface area contributed by atoms with Crippen molar-refractivity contribution in [1.29, 1.82) is 0 Å². The molecule has 0 bridgehead atoms. The van der Waals surface area contributed by atoms with Crippen molar-refractivity contribution < 1.29 is 14.4 Å². The first-order valence-corrected chi connectivity index (χ1v) is 12.0. The number of rotatable bonds is 11. The Labute approximate surface area is 198 Å². The first-order chi connectivity index (χ1) is 16.0. The molecule has 0 radical (unpaired) electrons. The molecule has 0 saturated carbocycles. The normalized spacial score (nSPS) is 10.5. The highest BCUT2D eigenvalue weighted by atomic mass is 32.1. The maximum Gasteiger partial charge on any atom is 0.251 e. The van der Waals surface area contributed by atoms with Crippen LogP contribution in [0.4, 0.5) is 11.4 Å². The lowest BCUT2D eigenvalue weighted by molar-refractivity contribution is -0.117. The molecule has 1 aromatic heterocycles. The molecule has 0 aliphatic carbocycles. The van der Waals surface area contributed by atoms with Crippen LogP contribution in [0.1, 0.15) is 53.4 Å². The SMILES string of the molecule is CCCC(=O)Nc1ccc(CNC(=O)c2cccc(NC(=O)CCCc3cccs3)c2)cc1. The van der Waals surface area contributed by atoms with E-state index in [0.29, 0.717) is 30.6 Å². The number of thiophene rings is 1. The van der Waals surface area contributed by atoms with E-state index in [0.717, 1.165) is 30.5 Å². The van der Waals surface area contributed by atoms with E-state index < -0.39 is 0 Å². The lowest BCUT2D eigenvalue weighted by Gasteiger charge is -2.09. The molecule has 0 atom stereocenters. The minimum Gasteiger partial charge on any atom is -0.348 e. The summed E-state index contributed by atoms with van der Waals surface area (Å²) < 4.78 is 0. The largest absolute Gasteiger partial charge is 0.348 e. The maximum atomic E-state index is 12.6. The van der Waals surface area contributed by atoms with Crippen molar-refractivity contribution in [3.05, 3.63) is 82.0 Å². The van der Waals surface area contributed by atoms with Gasteiger partial charge >= 0.3 is 0 Å². The lowest BCUT2D eigenvalue weighted by atomic mass is 10.1. The van der Waals surface area contributed by atoms with Crippen LogP contribution in [0.15, 0.2) is 66.0 Å². The Kier molecular flexibility index (Phi) is 9.20. The number of nitrogens with one attached hydrogen (secondary N) is 3. The van der Waals surface area contributed by atoms with Crippen LogP contribution >= 0.6 is 11.3 Å². The van der Waals surface area contributed by atoms with E-state index in [2.05, 4.69) is 22.0 Å². The van der Waals surface area contributed by atoms with Crippen LogP contribution < -0.4 is 16.0 Å². The average Bonchev–Trinajstić information content (AvgIpc) is 3.32. The second kappa shape index (κ2) is 12.6. The average molecular weight is 464 g/mol. The molecule has 0 aliphatic rings. The molecule has 3 rings (SSSR count). The van der Waals surface area contributed by atoms with Gasteiger partial charge in [-0.15, -0.1) is 11.3 Å². The highest BCUT2D eigenvalue weighted by Crippen LogP contribution is 2.15. The number of benzene rings is 2. The molecule has 172 valence electrons. The smallest absolute Gasteiger partial charge is 0.251 e. The minimum atomic E-state index is -0.218. The molecule has 33 heavy (non-hydrogen) atoms. The molecular formula is C26H29N3O3S. The van der Waals surface area contributed by atoms with Crippen LogP contribution in [-0.4, -0.2) is 17.7 Å². The van der Waals surface area contributed by atoms with Crippen LogP contribution in [0, 0.1) is 0 Å². The Morgan fingerprint density at radius 3 is 2.33 bits per heavy atom. The number of hydrogen-bond acceptors (Lipinski definition) is 4. The second-order valence-electron chi connectivity index (χ2n) is 7.74. The molecule has 0 aliphatic heterocycles. The maximum absolute atomic E-state index is 12.6. The Morgan fingerprint density at radius 2 is 1.61 bits per heavy atom. The third-order valence-electron chi connectivity index (χ3n) is 4.98. The molecule has 0 saturated heterocycles. The van der Waals surface area contributed by atoms with Gasteiger partial charge in [0.15, 0.2) is 0 Å². The zero-order chi connectivity index (χ0) is 23.5. The highest BCUT2D eigenvalue weighted by molar-refractivity contribution is 7.09. The van der Waals surface area contributed by atoms with Crippen molar-refractivity contribution in [2.45, 2.75) is 45.6 Å². The topological polar surface area (TPSA) is 87.3 Å². The number of aryl methyl sites for hydroxylation is 1. The first kappa shape index (κ1) is 24.2. The summed E-state index contributed by atoms with van der Waals surface area (Å²) in [7, 11) is 0. The molecule has 7 heteroatoms. The summed E-state index contributed by atoms with van der Waals surface area (Å²) in [6.07, 6.45) is 3.40. The fourth-order valence-corrected chi connectivity index (χ4v) is 4.03. The van der Waals surface area contributed by atoms with Gasteiger partial charge in [0.25, 0.3) is 5.91 Å². The number of carbonyl (C=O) groups is 3. The van der Waals surface area contributed by atoms with Gasteiger partial charge in [0.1, 0.15) is 0 Å². The zero-order valence-corrected chi connectivity index (χ0v) is 19.5. The lowest BCUT2D eigenvalue weighted by Crippen LogP contribution is -2.23. The first-order valence-electron chi connectivity index (χ1n) is 11.1. The van der Waals surface area contributed by atoms with Crippen molar-refractivity contribution in [3.8, 4) is 0 Å². The quantitative estimate of drug-likeness (QED) is 0.357. The minimum absolute atomic E-state index is 0.00645. The van der Waals surface area contributed by atoms with Crippen molar-refractivity contribution in [1.82, 2.24) is 5.32 Å². The second-order valence-corrected chi connectivity index (χ2v) is 8.77. The van der Waals surface area contributed by atoms with Crippen molar-refractivity contribution in [2.75, 3.05) is 10.6 Å². The molecule has 0 fully saturated rings. The van der Waals surface area contributed by atoms with E-state index in [-0.39, 0.29) is 17.7 Å². The van der Waals surface area contributed by atoms with Crippen LogP contribution in [0.25, 0.3) is 0 Å². The Bertz CT molecular complexity index is 1060. The van der Waals surface area contributed by atoms with E-state index in [1.54, 1.807) is 35.6 Å². The third kappa shape index (κ3) is 8.20. The standard InChI is InChI=1S/C26H29N3O3S/c1-2-6-24(30)28-21-14-12-19(13-15-21)18-27-26(32)20-7-3-8-22(17-20)29-25(31)11-4-9-23-10-5-16-33-23/h3,5,7-8,10,12-17H,2,4,6,9,11,18H2,1H3,(H,27,32)(H,28,30)(H,29,31). The van der Waals surface area contributed by atoms with Gasteiger partial charge in [0, 0.05) is 41.2 Å². The van der Waals surface area contributed by atoms with E-state index in [4.69, 9.17) is 0 Å². The summed E-state index contributed by atoms with van der Waals surface area (Å²) in [5, 5.41) is 10.6. The molecule has 1 heterocycles. The molecule has 3 amide bonds. The monoisotopic (exact) mass is 463 g/mol. The van der Waals surface area contributed by atoms with Gasteiger partial charge in [-0.3, -0.25) is 14.4 Å². The Balaban J connectivity index is 1.45. The molecular weight excluding hydrogens is 434 g/mol. The molecule has 3 N–H and O–H groups in total. The summed E-state index contributed by atoms with van der Waals surface area (Å²) in [6.45, 7) is 2.32. The summed E-state index contributed by atoms with van der Waals surface area (Å²) in [5.41, 5.74) is 2.75. The summed E-state index contributed by atoms with van der Waals surface area (Å²) in [5.74, 6) is -0.285. The van der Waals surface area contributed by atoms with Gasteiger partial charge in [-0.05, 0) is 66.6 Å². The number of amides is 3. The fourth-order valence-electron chi connectivity index (χ4n) is 3.28. The van der Waals surface area contributed by atoms with E-state index in [9.17, 15) is 14.4 Å². The number of carbonyl (C=O) groups excluding carboxylic acids is 3. The van der Waals surface area contributed by atoms with E-state index in [1.807, 2.05) is 42.6 Å². The third-order valence-corrected chi connectivity index (χ3v) is 5.92. The number of anilines is 2. The van der Waals surface area contributed by atoms with Gasteiger partial charge in [-0.2, -0.15) is 0 Å². The van der Waals surface area contributed by atoms with Gasteiger partial charge in [-0.25, -0.2) is 0 Å². The summed E-state index contributed by atoms with van der Waals surface area (Å²) >= 11 is 1.70. The van der Waals surface area contributed by atoms with Gasteiger partial charge in [-0.1, -0.05) is 31.2 Å². The number of hydrogen-bond donors (Lipinski definition) is 3. The molecule has 3 aromatic rings. The molecule has 0 unspecified atom stereocenters. The summed E-state index contributed by atoms with van der Waals surface area (Å²) in [4.78, 5) is 37.7. The van der Waals surface area contributed by atoms with Crippen LogP contribution in [0.2, 0.25) is 0 Å². The van der Waals surface area contributed by atoms with Gasteiger partial charge in [0.2, 0.25) is 11.8 Å². The van der Waals surface area contributed by atoms with E-state index in [1.165, 1.54) is 4.88 Å². The van der Waals surface area contributed by atoms with Crippen LogP contribution in [0.5, 0.6) is 0 Å². The molecule has 6 nitrogen and oxygen atoms in total. The van der Waals surface area contributed by atoms with Crippen molar-refractivity contribution >= 4 is 40.4 Å². The van der Waals surface area contributed by atoms with Gasteiger partial charge < -0.3 is 16.0 Å². The van der Waals surface area contributed by atoms with Crippen LogP contribution in [-0.2, 0) is 22.6 Å². The fraction of sp³-hybridized carbons (Fsp3) is 0.269. The molecule has 0 spiro atoms. The van der Waals surface area contributed by atoms with Crippen molar-refractivity contribution in [3.63, 3.8) is 0 Å². The summed E-state index contributed by atoms with van der Waals surface area (Å²) in [6, 6.07) is 18.4. The van der Waals surface area contributed by atoms with Gasteiger partial charge in [0.05, 0.1) is 0 Å².